The maximum atomic E-state index is 12.8. The summed E-state index contributed by atoms with van der Waals surface area (Å²) in [4.78, 5) is 43.9. The molecule has 10 heteroatoms. The van der Waals surface area contributed by atoms with Gasteiger partial charge in [-0.3, -0.25) is 9.59 Å². The number of carbonyl (C=O) groups is 2. The fourth-order valence-electron chi connectivity index (χ4n) is 4.13. The molecule has 5 heterocycles. The Morgan fingerprint density at radius 1 is 0.969 bits per heavy atom. The monoisotopic (exact) mass is 471 g/mol. The van der Waals surface area contributed by atoms with Crippen LogP contribution < -0.4 is 4.90 Å². The summed E-state index contributed by atoms with van der Waals surface area (Å²) in [6, 6.07) is 4.05. The molecule has 0 unspecified atom stereocenters. The molecular formula is C22H25N5O3S2. The van der Waals surface area contributed by atoms with E-state index in [-0.39, 0.29) is 0 Å². The van der Waals surface area contributed by atoms with Crippen LogP contribution in [0.15, 0.2) is 17.5 Å². The van der Waals surface area contributed by atoms with E-state index in [0.717, 1.165) is 26.7 Å². The predicted molar refractivity (Wildman–Crippen MR) is 126 cm³/mol. The van der Waals surface area contributed by atoms with Gasteiger partial charge in [-0.05, 0) is 30.9 Å². The van der Waals surface area contributed by atoms with E-state index < -0.39 is 11.8 Å². The molecule has 168 valence electrons. The van der Waals surface area contributed by atoms with Gasteiger partial charge in [-0.1, -0.05) is 6.07 Å². The fourth-order valence-corrected chi connectivity index (χ4v) is 5.81. The molecule has 8 nitrogen and oxygen atoms in total. The number of carbonyl (C=O) groups excluding carboxylic acids is 2. The molecule has 0 bridgehead atoms. The number of amides is 2. The zero-order valence-corrected chi connectivity index (χ0v) is 19.8. The first-order valence-corrected chi connectivity index (χ1v) is 12.4. The SMILES string of the molecule is Cc1sc2nc(-c3cccs3)nc(N3CCN(C(=O)C(=O)N4CCOCC4)CC3)c2c1C. The zero-order valence-electron chi connectivity index (χ0n) is 18.2. The van der Waals surface area contributed by atoms with Gasteiger partial charge in [-0.2, -0.15) is 0 Å². The minimum Gasteiger partial charge on any atom is -0.378 e. The number of thiophene rings is 2. The first kappa shape index (κ1) is 21.3. The predicted octanol–water partition coefficient (Wildman–Crippen LogP) is 2.54. The lowest BCUT2D eigenvalue weighted by Gasteiger charge is -2.36. The van der Waals surface area contributed by atoms with Crippen LogP contribution in [0.2, 0.25) is 0 Å². The van der Waals surface area contributed by atoms with Crippen molar-refractivity contribution in [3.63, 3.8) is 0 Å². The number of nitrogens with zero attached hydrogens (tertiary/aromatic N) is 5. The molecule has 0 aliphatic carbocycles. The van der Waals surface area contributed by atoms with Crippen LogP contribution in [0.4, 0.5) is 5.82 Å². The number of fused-ring (bicyclic) bond motifs is 1. The highest BCUT2D eigenvalue weighted by Crippen LogP contribution is 2.37. The zero-order chi connectivity index (χ0) is 22.2. The summed E-state index contributed by atoms with van der Waals surface area (Å²) in [5.74, 6) is 0.827. The third-order valence-electron chi connectivity index (χ3n) is 6.10. The molecule has 3 aromatic heterocycles. The number of ether oxygens (including phenoxy) is 1. The summed E-state index contributed by atoms with van der Waals surface area (Å²) >= 11 is 3.32. The molecule has 2 saturated heterocycles. The van der Waals surface area contributed by atoms with Crippen LogP contribution in [0, 0.1) is 13.8 Å². The molecule has 0 radical (unpaired) electrons. The minimum absolute atomic E-state index is 0.416. The Kier molecular flexibility index (Phi) is 5.83. The Balaban J connectivity index is 1.37. The van der Waals surface area contributed by atoms with Crippen molar-refractivity contribution in [1.29, 1.82) is 0 Å². The van der Waals surface area contributed by atoms with E-state index in [1.165, 1.54) is 10.4 Å². The van der Waals surface area contributed by atoms with Crippen molar-refractivity contribution in [3.8, 4) is 10.7 Å². The Bertz CT molecular complexity index is 1150. The summed E-state index contributed by atoms with van der Waals surface area (Å²) in [7, 11) is 0. The summed E-state index contributed by atoms with van der Waals surface area (Å²) < 4.78 is 5.29. The summed E-state index contributed by atoms with van der Waals surface area (Å²) in [6.07, 6.45) is 0. The standard InChI is InChI=1S/C22H25N5O3S2/c1-14-15(2)32-20-17(14)19(23-18(24-20)16-4-3-13-31-16)25-5-7-26(8-6-25)21(28)22(29)27-9-11-30-12-10-27/h3-4,13H,5-12H2,1-2H3. The lowest BCUT2D eigenvalue weighted by atomic mass is 10.2. The van der Waals surface area contributed by atoms with Gasteiger partial charge in [-0.15, -0.1) is 22.7 Å². The third kappa shape index (κ3) is 3.87. The largest absolute Gasteiger partial charge is 0.378 e. The number of rotatable bonds is 2. The molecule has 2 aliphatic rings. The molecule has 0 aromatic carbocycles. The van der Waals surface area contributed by atoms with E-state index in [4.69, 9.17) is 14.7 Å². The molecule has 2 fully saturated rings. The van der Waals surface area contributed by atoms with Crippen molar-refractivity contribution in [1.82, 2.24) is 19.8 Å². The minimum atomic E-state index is -0.421. The molecule has 0 N–H and O–H groups in total. The van der Waals surface area contributed by atoms with Gasteiger partial charge in [0.05, 0.1) is 23.5 Å². The first-order valence-electron chi connectivity index (χ1n) is 10.8. The highest BCUT2D eigenvalue weighted by Gasteiger charge is 2.31. The second-order valence-corrected chi connectivity index (χ2v) is 10.1. The molecule has 3 aromatic rings. The first-order chi connectivity index (χ1) is 15.5. The average Bonchev–Trinajstić information content (AvgIpc) is 3.47. The van der Waals surface area contributed by atoms with Crippen LogP contribution in [0.1, 0.15) is 10.4 Å². The number of hydrogen-bond donors (Lipinski definition) is 0. The molecule has 0 spiro atoms. The lowest BCUT2D eigenvalue weighted by molar-refractivity contribution is -0.154. The summed E-state index contributed by atoms with van der Waals surface area (Å²) in [6.45, 7) is 8.42. The number of morpholine rings is 1. The van der Waals surface area contributed by atoms with E-state index >= 15 is 0 Å². The van der Waals surface area contributed by atoms with Crippen molar-refractivity contribution in [2.75, 3.05) is 57.4 Å². The number of hydrogen-bond acceptors (Lipinski definition) is 8. The lowest BCUT2D eigenvalue weighted by Crippen LogP contribution is -2.54. The Morgan fingerprint density at radius 3 is 2.31 bits per heavy atom. The van der Waals surface area contributed by atoms with Gasteiger partial charge in [0.25, 0.3) is 0 Å². The Hall–Kier alpha value is -2.56. The molecule has 32 heavy (non-hydrogen) atoms. The molecule has 0 atom stereocenters. The maximum absolute atomic E-state index is 12.8. The number of anilines is 1. The van der Waals surface area contributed by atoms with Gasteiger partial charge in [0, 0.05) is 44.1 Å². The van der Waals surface area contributed by atoms with Crippen LogP contribution in [-0.2, 0) is 14.3 Å². The molecule has 0 saturated carbocycles. The van der Waals surface area contributed by atoms with E-state index in [2.05, 4.69) is 18.7 Å². The van der Waals surface area contributed by atoms with E-state index in [9.17, 15) is 9.59 Å². The fraction of sp³-hybridized carbons (Fsp3) is 0.455. The van der Waals surface area contributed by atoms with Gasteiger partial charge in [0.15, 0.2) is 5.82 Å². The van der Waals surface area contributed by atoms with Crippen molar-refractivity contribution >= 4 is 50.5 Å². The maximum Gasteiger partial charge on any atom is 0.312 e. The topological polar surface area (TPSA) is 78.9 Å². The van der Waals surface area contributed by atoms with Crippen LogP contribution in [-0.4, -0.2) is 84.1 Å². The van der Waals surface area contributed by atoms with Crippen LogP contribution >= 0.6 is 22.7 Å². The Morgan fingerprint density at radius 2 is 1.66 bits per heavy atom. The van der Waals surface area contributed by atoms with Gasteiger partial charge in [-0.25, -0.2) is 9.97 Å². The average molecular weight is 472 g/mol. The van der Waals surface area contributed by atoms with Crippen molar-refractivity contribution < 1.29 is 14.3 Å². The van der Waals surface area contributed by atoms with Gasteiger partial charge in [0.2, 0.25) is 0 Å². The Labute approximate surface area is 194 Å². The molecule has 5 rings (SSSR count). The van der Waals surface area contributed by atoms with Crippen molar-refractivity contribution in [2.45, 2.75) is 13.8 Å². The van der Waals surface area contributed by atoms with Crippen molar-refractivity contribution in [2.24, 2.45) is 0 Å². The second-order valence-electron chi connectivity index (χ2n) is 8.00. The number of piperazine rings is 1. The summed E-state index contributed by atoms with van der Waals surface area (Å²) in [5.41, 5.74) is 1.21. The van der Waals surface area contributed by atoms with Gasteiger partial charge < -0.3 is 19.4 Å². The highest BCUT2D eigenvalue weighted by atomic mass is 32.1. The van der Waals surface area contributed by atoms with E-state index in [1.54, 1.807) is 32.5 Å². The highest BCUT2D eigenvalue weighted by molar-refractivity contribution is 7.19. The van der Waals surface area contributed by atoms with Crippen LogP contribution in [0.3, 0.4) is 0 Å². The second kappa shape index (κ2) is 8.76. The van der Waals surface area contributed by atoms with E-state index in [0.29, 0.717) is 52.5 Å². The normalized spacial score (nSPS) is 17.2. The number of aryl methyl sites for hydroxylation is 2. The van der Waals surface area contributed by atoms with Gasteiger partial charge in [0.1, 0.15) is 10.6 Å². The van der Waals surface area contributed by atoms with Crippen LogP contribution in [0.5, 0.6) is 0 Å². The third-order valence-corrected chi connectivity index (χ3v) is 8.07. The molecule has 2 aliphatic heterocycles. The van der Waals surface area contributed by atoms with Gasteiger partial charge >= 0.3 is 11.8 Å². The van der Waals surface area contributed by atoms with Crippen LogP contribution in [0.25, 0.3) is 20.9 Å². The number of aromatic nitrogens is 2. The quantitative estimate of drug-likeness (QED) is 0.535. The smallest absolute Gasteiger partial charge is 0.312 e. The van der Waals surface area contributed by atoms with E-state index in [1.807, 2.05) is 17.5 Å². The summed E-state index contributed by atoms with van der Waals surface area (Å²) in [5, 5.41) is 3.13. The molecular weight excluding hydrogens is 446 g/mol. The van der Waals surface area contributed by atoms with Crippen molar-refractivity contribution in [3.05, 3.63) is 28.0 Å². The molecule has 2 amide bonds.